The van der Waals surface area contributed by atoms with Gasteiger partial charge in [-0.1, -0.05) is 6.07 Å². The number of methoxy groups -OCH3 is 1. The van der Waals surface area contributed by atoms with Crippen LogP contribution in [0.2, 0.25) is 0 Å². The molecular weight excluding hydrogens is 258 g/mol. The number of nitrogen functional groups attached to an aromatic ring is 1. The van der Waals surface area contributed by atoms with Crippen LogP contribution >= 0.6 is 0 Å². The molecule has 0 bridgehead atoms. The summed E-state index contributed by atoms with van der Waals surface area (Å²) in [5, 5.41) is 2.86. The van der Waals surface area contributed by atoms with Crippen molar-refractivity contribution in [2.24, 2.45) is 0 Å². The van der Waals surface area contributed by atoms with Gasteiger partial charge in [-0.05, 0) is 19.2 Å². The molecule has 1 heterocycles. The summed E-state index contributed by atoms with van der Waals surface area (Å²) in [4.78, 5) is 14.3. The van der Waals surface area contributed by atoms with Crippen molar-refractivity contribution >= 4 is 11.6 Å². The standard InChI is InChI=1S/C14H21N3O3/c1-17-6-7-20-10(9-17)8-16-14(18)11-4-3-5-12(19-2)13(11)15/h3-5,10H,6-9,15H2,1-2H3,(H,16,18). The van der Waals surface area contributed by atoms with Crippen molar-refractivity contribution in [2.75, 3.05) is 46.1 Å². The summed E-state index contributed by atoms with van der Waals surface area (Å²) in [5.74, 6) is 0.296. The Bertz CT molecular complexity index is 479. The molecule has 1 saturated heterocycles. The van der Waals surface area contributed by atoms with E-state index in [0.29, 0.717) is 30.2 Å². The number of benzene rings is 1. The third-order valence-electron chi connectivity index (χ3n) is 3.36. The minimum atomic E-state index is -0.210. The summed E-state index contributed by atoms with van der Waals surface area (Å²) in [6.07, 6.45) is 0.0181. The number of hydrogen-bond acceptors (Lipinski definition) is 5. The van der Waals surface area contributed by atoms with E-state index in [4.69, 9.17) is 15.2 Å². The average molecular weight is 279 g/mol. The van der Waals surface area contributed by atoms with Gasteiger partial charge in [0, 0.05) is 19.6 Å². The second-order valence-electron chi connectivity index (χ2n) is 4.89. The van der Waals surface area contributed by atoms with Crippen molar-refractivity contribution in [1.29, 1.82) is 0 Å². The molecule has 0 radical (unpaired) electrons. The van der Waals surface area contributed by atoms with Crippen LogP contribution in [0.25, 0.3) is 0 Å². The molecule has 6 nitrogen and oxygen atoms in total. The minimum absolute atomic E-state index is 0.0181. The first-order valence-electron chi connectivity index (χ1n) is 6.62. The molecule has 6 heteroatoms. The number of amides is 1. The van der Waals surface area contributed by atoms with Crippen LogP contribution in [0.3, 0.4) is 0 Å². The normalized spacial score (nSPS) is 19.6. The molecule has 1 atom stereocenters. The maximum Gasteiger partial charge on any atom is 0.253 e. The van der Waals surface area contributed by atoms with E-state index >= 15 is 0 Å². The van der Waals surface area contributed by atoms with Crippen molar-refractivity contribution in [2.45, 2.75) is 6.10 Å². The molecule has 1 aromatic rings. The SMILES string of the molecule is COc1cccc(C(=O)NCC2CN(C)CCO2)c1N. The molecule has 0 aromatic heterocycles. The van der Waals surface area contributed by atoms with E-state index < -0.39 is 0 Å². The van der Waals surface area contributed by atoms with Gasteiger partial charge in [0.2, 0.25) is 0 Å². The molecular formula is C14H21N3O3. The zero-order valence-electron chi connectivity index (χ0n) is 11.9. The second kappa shape index (κ2) is 6.58. The third-order valence-corrected chi connectivity index (χ3v) is 3.36. The number of nitrogens with zero attached hydrogens (tertiary/aromatic N) is 1. The van der Waals surface area contributed by atoms with Crippen LogP contribution in [-0.4, -0.2) is 57.3 Å². The summed E-state index contributed by atoms with van der Waals surface area (Å²) in [6.45, 7) is 2.90. The summed E-state index contributed by atoms with van der Waals surface area (Å²) in [6, 6.07) is 5.15. The summed E-state index contributed by atoms with van der Waals surface area (Å²) in [7, 11) is 3.57. The number of nitrogens with one attached hydrogen (secondary N) is 1. The van der Waals surface area contributed by atoms with E-state index in [1.54, 1.807) is 18.2 Å². The first-order chi connectivity index (χ1) is 9.61. The summed E-state index contributed by atoms with van der Waals surface area (Å²) in [5.41, 5.74) is 6.68. The monoisotopic (exact) mass is 279 g/mol. The lowest BCUT2D eigenvalue weighted by Crippen LogP contribution is -2.46. The number of likely N-dealkylation sites (N-methyl/N-ethyl adjacent to an activating group) is 1. The smallest absolute Gasteiger partial charge is 0.253 e. The topological polar surface area (TPSA) is 76.8 Å². The fourth-order valence-corrected chi connectivity index (χ4v) is 2.21. The van der Waals surface area contributed by atoms with Crippen LogP contribution < -0.4 is 15.8 Å². The van der Waals surface area contributed by atoms with Gasteiger partial charge in [-0.25, -0.2) is 0 Å². The third kappa shape index (κ3) is 3.40. The van der Waals surface area contributed by atoms with E-state index in [-0.39, 0.29) is 12.0 Å². The van der Waals surface area contributed by atoms with Gasteiger partial charge in [0.15, 0.2) is 0 Å². The van der Waals surface area contributed by atoms with E-state index in [0.717, 1.165) is 13.1 Å². The lowest BCUT2D eigenvalue weighted by Gasteiger charge is -2.30. The van der Waals surface area contributed by atoms with Gasteiger partial charge >= 0.3 is 0 Å². The number of hydrogen-bond donors (Lipinski definition) is 2. The number of morpholine rings is 1. The molecule has 1 aromatic carbocycles. The van der Waals surface area contributed by atoms with Crippen LogP contribution in [0, 0.1) is 0 Å². The van der Waals surface area contributed by atoms with Crippen LogP contribution in [0.1, 0.15) is 10.4 Å². The number of rotatable bonds is 4. The molecule has 110 valence electrons. The Morgan fingerprint density at radius 2 is 2.40 bits per heavy atom. The van der Waals surface area contributed by atoms with E-state index in [1.807, 2.05) is 7.05 Å². The first-order valence-corrected chi connectivity index (χ1v) is 6.62. The Morgan fingerprint density at radius 1 is 1.60 bits per heavy atom. The van der Waals surface area contributed by atoms with Gasteiger partial charge in [-0.2, -0.15) is 0 Å². The Balaban J connectivity index is 1.95. The molecule has 20 heavy (non-hydrogen) atoms. The highest BCUT2D eigenvalue weighted by atomic mass is 16.5. The summed E-state index contributed by atoms with van der Waals surface area (Å²) < 4.78 is 10.7. The molecule has 1 aliphatic heterocycles. The number of carbonyl (C=O) groups is 1. The number of para-hydroxylation sites is 1. The van der Waals surface area contributed by atoms with E-state index in [2.05, 4.69) is 10.2 Å². The van der Waals surface area contributed by atoms with Gasteiger partial charge in [-0.3, -0.25) is 4.79 Å². The zero-order valence-corrected chi connectivity index (χ0v) is 11.9. The van der Waals surface area contributed by atoms with Crippen molar-refractivity contribution in [3.05, 3.63) is 23.8 Å². The summed E-state index contributed by atoms with van der Waals surface area (Å²) >= 11 is 0. The molecule has 0 spiro atoms. The van der Waals surface area contributed by atoms with Crippen molar-refractivity contribution in [3.8, 4) is 5.75 Å². The highest BCUT2D eigenvalue weighted by molar-refractivity contribution is 6.00. The molecule has 1 unspecified atom stereocenters. The van der Waals surface area contributed by atoms with Crippen LogP contribution in [0.15, 0.2) is 18.2 Å². The van der Waals surface area contributed by atoms with Gasteiger partial charge in [0.1, 0.15) is 5.75 Å². The predicted molar refractivity (Wildman–Crippen MR) is 77.0 cm³/mol. The molecule has 1 aliphatic rings. The minimum Gasteiger partial charge on any atom is -0.495 e. The van der Waals surface area contributed by atoms with Gasteiger partial charge in [0.05, 0.1) is 31.1 Å². The lowest BCUT2D eigenvalue weighted by atomic mass is 10.1. The number of carbonyl (C=O) groups excluding carboxylic acids is 1. The highest BCUT2D eigenvalue weighted by Gasteiger charge is 2.19. The maximum atomic E-state index is 12.1. The van der Waals surface area contributed by atoms with Crippen molar-refractivity contribution < 1.29 is 14.3 Å². The molecule has 0 aliphatic carbocycles. The molecule has 1 amide bonds. The number of ether oxygens (including phenoxy) is 2. The quantitative estimate of drug-likeness (QED) is 0.777. The molecule has 0 saturated carbocycles. The van der Waals surface area contributed by atoms with Crippen LogP contribution in [0.5, 0.6) is 5.75 Å². The molecule has 3 N–H and O–H groups in total. The number of nitrogens with two attached hydrogens (primary N) is 1. The largest absolute Gasteiger partial charge is 0.495 e. The maximum absolute atomic E-state index is 12.1. The van der Waals surface area contributed by atoms with E-state index in [1.165, 1.54) is 7.11 Å². The average Bonchev–Trinajstić information content (AvgIpc) is 2.45. The fourth-order valence-electron chi connectivity index (χ4n) is 2.21. The van der Waals surface area contributed by atoms with Gasteiger partial charge in [-0.15, -0.1) is 0 Å². The van der Waals surface area contributed by atoms with Crippen molar-refractivity contribution in [1.82, 2.24) is 10.2 Å². The lowest BCUT2D eigenvalue weighted by molar-refractivity contribution is -0.0174. The first kappa shape index (κ1) is 14.6. The van der Waals surface area contributed by atoms with E-state index in [9.17, 15) is 4.79 Å². The second-order valence-corrected chi connectivity index (χ2v) is 4.89. The van der Waals surface area contributed by atoms with Gasteiger partial charge in [0.25, 0.3) is 5.91 Å². The Labute approximate surface area is 118 Å². The Hall–Kier alpha value is -1.79. The van der Waals surface area contributed by atoms with Gasteiger partial charge < -0.3 is 25.4 Å². The molecule has 2 rings (SSSR count). The Kier molecular flexibility index (Phi) is 4.81. The zero-order chi connectivity index (χ0) is 14.5. The fraction of sp³-hybridized carbons (Fsp3) is 0.500. The highest BCUT2D eigenvalue weighted by Crippen LogP contribution is 2.24. The number of anilines is 1. The molecule has 1 fully saturated rings. The van der Waals surface area contributed by atoms with Crippen molar-refractivity contribution in [3.63, 3.8) is 0 Å². The Morgan fingerprint density at radius 3 is 3.10 bits per heavy atom. The predicted octanol–water partition coefficient (Wildman–Crippen LogP) is 0.338. The van der Waals surface area contributed by atoms with Crippen LogP contribution in [0.4, 0.5) is 5.69 Å². The van der Waals surface area contributed by atoms with Crippen LogP contribution in [-0.2, 0) is 4.74 Å².